The summed E-state index contributed by atoms with van der Waals surface area (Å²) in [5.41, 5.74) is 2.27. The van der Waals surface area contributed by atoms with Crippen LogP contribution in [-0.2, 0) is 11.2 Å². The highest BCUT2D eigenvalue weighted by Crippen LogP contribution is 2.29. The maximum absolute atomic E-state index is 12.9. The highest BCUT2D eigenvalue weighted by molar-refractivity contribution is 6.31. The van der Waals surface area contributed by atoms with Gasteiger partial charge in [-0.3, -0.25) is 9.59 Å². The highest BCUT2D eigenvalue weighted by atomic mass is 35.5. The lowest BCUT2D eigenvalue weighted by molar-refractivity contribution is -0.116. The molecule has 0 unspecified atom stereocenters. The summed E-state index contributed by atoms with van der Waals surface area (Å²) in [5.74, 6) is 0.906. The molecule has 0 saturated carbocycles. The van der Waals surface area contributed by atoms with Crippen molar-refractivity contribution in [2.45, 2.75) is 19.8 Å². The number of methoxy groups -OCH3 is 1. The average Bonchev–Trinajstić information content (AvgIpc) is 2.79. The average molecular weight is 438 g/mol. The molecular weight excluding hydrogens is 414 g/mol. The van der Waals surface area contributed by atoms with Crippen LogP contribution in [0.25, 0.3) is 0 Å². The Labute approximate surface area is 187 Å². The van der Waals surface area contributed by atoms with E-state index in [-0.39, 0.29) is 18.1 Å². The van der Waals surface area contributed by atoms with Crippen molar-refractivity contribution in [3.8, 4) is 11.5 Å². The fourth-order valence-electron chi connectivity index (χ4n) is 3.17. The number of carbonyl (C=O) groups is 2. The lowest BCUT2D eigenvalue weighted by Gasteiger charge is -2.12. The summed E-state index contributed by atoms with van der Waals surface area (Å²) in [6, 6.07) is 19.4. The summed E-state index contributed by atoms with van der Waals surface area (Å²) >= 11 is 6.10. The Morgan fingerprint density at radius 2 is 1.74 bits per heavy atom. The molecule has 0 radical (unpaired) electrons. The molecule has 3 aromatic carbocycles. The van der Waals surface area contributed by atoms with Gasteiger partial charge in [-0.05, 0) is 49.2 Å². The zero-order valence-corrected chi connectivity index (χ0v) is 18.2. The Morgan fingerprint density at radius 1 is 0.968 bits per heavy atom. The van der Waals surface area contributed by atoms with Crippen LogP contribution in [0.2, 0.25) is 5.02 Å². The SMILES string of the molecule is CCOc1ccc(CCC(=O)Nc2ccc(Cl)cc2C(=O)c2ccccc2)cc1OC. The third-order valence-electron chi connectivity index (χ3n) is 4.70. The molecule has 0 aliphatic carbocycles. The van der Waals surface area contributed by atoms with Crippen LogP contribution in [0, 0.1) is 0 Å². The zero-order chi connectivity index (χ0) is 22.2. The van der Waals surface area contributed by atoms with Gasteiger partial charge in [0.2, 0.25) is 5.91 Å². The molecule has 31 heavy (non-hydrogen) atoms. The minimum Gasteiger partial charge on any atom is -0.493 e. The number of rotatable bonds is 9. The molecule has 0 aromatic heterocycles. The van der Waals surface area contributed by atoms with E-state index in [0.717, 1.165) is 5.56 Å². The van der Waals surface area contributed by atoms with Crippen LogP contribution in [0.4, 0.5) is 5.69 Å². The number of benzene rings is 3. The second-order valence-corrected chi connectivity index (χ2v) is 7.29. The fraction of sp³-hybridized carbons (Fsp3) is 0.200. The number of amides is 1. The highest BCUT2D eigenvalue weighted by Gasteiger charge is 2.16. The fourth-order valence-corrected chi connectivity index (χ4v) is 3.34. The van der Waals surface area contributed by atoms with E-state index in [1.165, 1.54) is 0 Å². The lowest BCUT2D eigenvalue weighted by atomic mass is 10.0. The molecule has 5 nitrogen and oxygen atoms in total. The minimum absolute atomic E-state index is 0.197. The van der Waals surface area contributed by atoms with Crippen molar-refractivity contribution < 1.29 is 19.1 Å². The molecule has 0 saturated heterocycles. The Morgan fingerprint density at radius 3 is 2.45 bits per heavy atom. The normalized spacial score (nSPS) is 10.4. The van der Waals surface area contributed by atoms with Gasteiger partial charge in [0.25, 0.3) is 0 Å². The van der Waals surface area contributed by atoms with Crippen molar-refractivity contribution in [2.24, 2.45) is 0 Å². The van der Waals surface area contributed by atoms with Crippen LogP contribution < -0.4 is 14.8 Å². The standard InChI is InChI=1S/C25H24ClNO4/c1-3-31-22-13-9-17(15-23(22)30-2)10-14-24(28)27-21-12-11-19(26)16-20(21)25(29)18-7-5-4-6-8-18/h4-9,11-13,15-16H,3,10,14H2,1-2H3,(H,27,28). The van der Waals surface area contributed by atoms with Crippen LogP contribution in [0.15, 0.2) is 66.7 Å². The predicted octanol–water partition coefficient (Wildman–Crippen LogP) is 5.55. The monoisotopic (exact) mass is 437 g/mol. The number of hydrogen-bond donors (Lipinski definition) is 1. The molecule has 1 N–H and O–H groups in total. The number of carbonyl (C=O) groups excluding carboxylic acids is 2. The maximum Gasteiger partial charge on any atom is 0.224 e. The second-order valence-electron chi connectivity index (χ2n) is 6.85. The third kappa shape index (κ3) is 5.86. The Hall–Kier alpha value is -3.31. The Bertz CT molecular complexity index is 1070. The van der Waals surface area contributed by atoms with Gasteiger partial charge in [-0.2, -0.15) is 0 Å². The molecule has 0 spiro atoms. The van der Waals surface area contributed by atoms with E-state index in [1.807, 2.05) is 31.2 Å². The first-order valence-electron chi connectivity index (χ1n) is 10.0. The molecule has 1 amide bonds. The first-order chi connectivity index (χ1) is 15.0. The van der Waals surface area contributed by atoms with E-state index in [4.69, 9.17) is 21.1 Å². The van der Waals surface area contributed by atoms with Crippen LogP contribution in [0.1, 0.15) is 34.8 Å². The van der Waals surface area contributed by atoms with Crippen molar-refractivity contribution in [2.75, 3.05) is 19.0 Å². The molecule has 0 bridgehead atoms. The predicted molar refractivity (Wildman–Crippen MR) is 122 cm³/mol. The molecule has 0 heterocycles. The van der Waals surface area contributed by atoms with E-state index >= 15 is 0 Å². The summed E-state index contributed by atoms with van der Waals surface area (Å²) in [6.45, 7) is 2.45. The number of nitrogens with one attached hydrogen (secondary N) is 1. The van der Waals surface area contributed by atoms with Gasteiger partial charge in [-0.25, -0.2) is 0 Å². The van der Waals surface area contributed by atoms with Crippen LogP contribution in [-0.4, -0.2) is 25.4 Å². The summed E-state index contributed by atoms with van der Waals surface area (Å²) < 4.78 is 10.9. The second kappa shape index (κ2) is 10.6. The molecule has 0 aliphatic rings. The summed E-state index contributed by atoms with van der Waals surface area (Å²) in [5, 5.41) is 3.27. The van der Waals surface area contributed by atoms with Crippen LogP contribution in [0.3, 0.4) is 0 Å². The van der Waals surface area contributed by atoms with Gasteiger partial charge in [0.15, 0.2) is 17.3 Å². The van der Waals surface area contributed by atoms with Gasteiger partial charge < -0.3 is 14.8 Å². The molecule has 6 heteroatoms. The van der Waals surface area contributed by atoms with Gasteiger partial charge in [0.05, 0.1) is 19.4 Å². The largest absolute Gasteiger partial charge is 0.493 e. The topological polar surface area (TPSA) is 64.6 Å². The van der Waals surface area contributed by atoms with Crippen molar-refractivity contribution in [3.63, 3.8) is 0 Å². The molecule has 3 rings (SSSR count). The molecule has 0 atom stereocenters. The Balaban J connectivity index is 1.70. The van der Waals surface area contributed by atoms with Gasteiger partial charge in [0, 0.05) is 22.6 Å². The maximum atomic E-state index is 12.9. The molecule has 0 aliphatic heterocycles. The number of ketones is 1. The lowest BCUT2D eigenvalue weighted by Crippen LogP contribution is -2.15. The van der Waals surface area contributed by atoms with Crippen LogP contribution >= 0.6 is 11.6 Å². The summed E-state index contributed by atoms with van der Waals surface area (Å²) in [4.78, 5) is 25.5. The minimum atomic E-state index is -0.199. The quantitative estimate of drug-likeness (QED) is 0.446. The zero-order valence-electron chi connectivity index (χ0n) is 17.5. The number of hydrogen-bond acceptors (Lipinski definition) is 4. The van der Waals surface area contributed by atoms with Crippen molar-refractivity contribution in [1.29, 1.82) is 0 Å². The number of anilines is 1. The van der Waals surface area contributed by atoms with Gasteiger partial charge >= 0.3 is 0 Å². The van der Waals surface area contributed by atoms with Crippen LogP contribution in [0.5, 0.6) is 11.5 Å². The van der Waals surface area contributed by atoms with E-state index in [2.05, 4.69) is 5.32 Å². The Kier molecular flexibility index (Phi) is 7.68. The van der Waals surface area contributed by atoms with Crippen molar-refractivity contribution in [1.82, 2.24) is 0 Å². The van der Waals surface area contributed by atoms with Gasteiger partial charge in [-0.15, -0.1) is 0 Å². The van der Waals surface area contributed by atoms with E-state index in [0.29, 0.717) is 46.4 Å². The van der Waals surface area contributed by atoms with Crippen molar-refractivity contribution in [3.05, 3.63) is 88.4 Å². The number of ether oxygens (including phenoxy) is 2. The number of halogens is 1. The summed E-state index contributed by atoms with van der Waals surface area (Å²) in [6.07, 6.45) is 0.767. The third-order valence-corrected chi connectivity index (χ3v) is 4.94. The van der Waals surface area contributed by atoms with Gasteiger partial charge in [-0.1, -0.05) is 48.0 Å². The molecule has 3 aromatic rings. The smallest absolute Gasteiger partial charge is 0.224 e. The first kappa shape index (κ1) is 22.4. The molecule has 0 fully saturated rings. The van der Waals surface area contributed by atoms with E-state index < -0.39 is 0 Å². The molecule has 160 valence electrons. The number of aryl methyl sites for hydroxylation is 1. The molecular formula is C25H24ClNO4. The van der Waals surface area contributed by atoms with E-state index in [1.54, 1.807) is 49.6 Å². The summed E-state index contributed by atoms with van der Waals surface area (Å²) in [7, 11) is 1.58. The van der Waals surface area contributed by atoms with Gasteiger partial charge in [0.1, 0.15) is 0 Å². The van der Waals surface area contributed by atoms with E-state index in [9.17, 15) is 9.59 Å². The van der Waals surface area contributed by atoms with Crippen molar-refractivity contribution >= 4 is 29.0 Å². The first-order valence-corrected chi connectivity index (χ1v) is 10.4.